The second kappa shape index (κ2) is 8.30. The second-order valence-electron chi connectivity index (χ2n) is 6.77. The van der Waals surface area contributed by atoms with Crippen molar-refractivity contribution in [2.45, 2.75) is 43.6 Å². The lowest BCUT2D eigenvalue weighted by Gasteiger charge is -2.27. The smallest absolute Gasteiger partial charge is 0.344 e. The van der Waals surface area contributed by atoms with Crippen molar-refractivity contribution in [1.29, 1.82) is 0 Å². The largest absolute Gasteiger partial charge is 0.481 e. The lowest BCUT2D eigenvalue weighted by molar-refractivity contribution is -0.183. The highest BCUT2D eigenvalue weighted by Crippen LogP contribution is 2.35. The van der Waals surface area contributed by atoms with Crippen LogP contribution in [0, 0.1) is 0 Å². The van der Waals surface area contributed by atoms with Crippen LogP contribution in [0.15, 0.2) is 6.33 Å². The summed E-state index contributed by atoms with van der Waals surface area (Å²) in [4.78, 5) is 46.1. The van der Waals surface area contributed by atoms with E-state index in [1.165, 1.54) is 0 Å². The maximum Gasteiger partial charge on any atom is 0.344 e. The quantitative estimate of drug-likeness (QED) is 0.292. The zero-order chi connectivity index (χ0) is 23.1. The third kappa shape index (κ3) is 4.01. The van der Waals surface area contributed by atoms with Gasteiger partial charge in [-0.15, -0.1) is 0 Å². The number of nitrogen functional groups attached to an aromatic ring is 1. The Morgan fingerprint density at radius 2 is 2.06 bits per heavy atom. The number of alkyl halides is 1. The van der Waals surface area contributed by atoms with Crippen molar-refractivity contribution >= 4 is 46.3 Å². The summed E-state index contributed by atoms with van der Waals surface area (Å²) in [5.41, 5.74) is 3.10. The number of anilines is 1. The van der Waals surface area contributed by atoms with Crippen LogP contribution >= 0.6 is 11.6 Å². The number of halogens is 2. The van der Waals surface area contributed by atoms with Crippen molar-refractivity contribution in [2.24, 2.45) is 0 Å². The van der Waals surface area contributed by atoms with Gasteiger partial charge in [0.15, 0.2) is 29.6 Å². The first-order chi connectivity index (χ1) is 14.5. The molecule has 2 aromatic rings. The molecule has 5 N–H and O–H groups in total. The lowest BCUT2D eigenvalue weighted by Crippen LogP contribution is -2.51. The summed E-state index contributed by atoms with van der Waals surface area (Å²) in [6, 6.07) is 0. The Morgan fingerprint density at radius 1 is 1.39 bits per heavy atom. The van der Waals surface area contributed by atoms with E-state index in [-0.39, 0.29) is 22.3 Å². The van der Waals surface area contributed by atoms with Gasteiger partial charge in [-0.2, -0.15) is 9.97 Å². The van der Waals surface area contributed by atoms with Gasteiger partial charge in [0.05, 0.1) is 19.4 Å². The minimum Gasteiger partial charge on any atom is -0.481 e. The third-order valence-electron chi connectivity index (χ3n) is 4.80. The van der Waals surface area contributed by atoms with E-state index in [9.17, 15) is 29.0 Å². The predicted molar refractivity (Wildman–Crippen MR) is 98.8 cm³/mol. The number of Topliss-reactive ketones (excluding diaryl/α,β-unsaturated/α-hetero) is 1. The molecule has 13 nitrogen and oxygen atoms in total. The number of nitrogens with two attached hydrogens (primary N) is 1. The molecule has 15 heteroatoms. The normalized spacial score (nSPS) is 25.4. The number of nitrogens with zero attached hydrogens (tertiary/aromatic N) is 4. The van der Waals surface area contributed by atoms with Crippen molar-refractivity contribution in [3.63, 3.8) is 0 Å². The van der Waals surface area contributed by atoms with Gasteiger partial charge in [-0.3, -0.25) is 14.2 Å². The van der Waals surface area contributed by atoms with Crippen LogP contribution in [0.3, 0.4) is 0 Å². The van der Waals surface area contributed by atoms with Crippen LogP contribution in [0.4, 0.5) is 10.2 Å². The van der Waals surface area contributed by atoms with Crippen LogP contribution in [0.25, 0.3) is 11.2 Å². The summed E-state index contributed by atoms with van der Waals surface area (Å²) in [6.07, 6.45) is -6.81. The molecular formula is C16H17ClFN5O8. The Kier molecular flexibility index (Phi) is 6.09. The Morgan fingerprint density at radius 3 is 2.65 bits per heavy atom. The molecule has 1 saturated heterocycles. The van der Waals surface area contributed by atoms with Crippen LogP contribution in [0.2, 0.25) is 5.28 Å². The van der Waals surface area contributed by atoms with Crippen molar-refractivity contribution in [2.75, 3.05) is 12.3 Å². The number of carboxylic acids is 2. The Hall–Kier alpha value is -2.94. The first kappa shape index (κ1) is 22.7. The summed E-state index contributed by atoms with van der Waals surface area (Å²) in [5.74, 6) is -4.61. The van der Waals surface area contributed by atoms with E-state index in [1.54, 1.807) is 0 Å². The zero-order valence-corrected chi connectivity index (χ0v) is 16.6. The average molecular weight is 462 g/mol. The van der Waals surface area contributed by atoms with Crippen molar-refractivity contribution in [3.05, 3.63) is 11.6 Å². The average Bonchev–Trinajstić information content (AvgIpc) is 3.20. The first-order valence-corrected chi connectivity index (χ1v) is 9.09. The fourth-order valence-corrected chi connectivity index (χ4v) is 3.34. The van der Waals surface area contributed by atoms with Gasteiger partial charge < -0.3 is 30.5 Å². The highest BCUT2D eigenvalue weighted by molar-refractivity contribution is 6.28. The first-order valence-electron chi connectivity index (χ1n) is 8.71. The van der Waals surface area contributed by atoms with Crippen LogP contribution in [-0.4, -0.2) is 83.1 Å². The van der Waals surface area contributed by atoms with E-state index >= 15 is 0 Å². The number of hydrogen-bond acceptors (Lipinski definition) is 10. The number of aliphatic hydroxyl groups excluding tert-OH is 1. The molecule has 1 unspecified atom stereocenters. The number of carbonyl (C=O) groups excluding carboxylic acids is 1. The number of ether oxygens (including phenoxy) is 2. The minimum absolute atomic E-state index is 0.0217. The summed E-state index contributed by atoms with van der Waals surface area (Å²) in [6.45, 7) is 0.0526. The van der Waals surface area contributed by atoms with Crippen LogP contribution < -0.4 is 5.73 Å². The van der Waals surface area contributed by atoms with E-state index in [1.807, 2.05) is 0 Å². The van der Waals surface area contributed by atoms with Crippen LogP contribution in [-0.2, 0) is 23.9 Å². The number of aliphatic carboxylic acids is 2. The van der Waals surface area contributed by atoms with E-state index in [4.69, 9.17) is 31.9 Å². The second-order valence-corrected chi connectivity index (χ2v) is 7.11. The summed E-state index contributed by atoms with van der Waals surface area (Å²) in [5, 5.41) is 28.3. The molecule has 0 saturated carbocycles. The number of rotatable bonds is 8. The number of carboxylic acid groups (broad SMARTS) is 2. The minimum atomic E-state index is -2.73. The molecule has 0 spiro atoms. The Balaban J connectivity index is 1.85. The summed E-state index contributed by atoms with van der Waals surface area (Å²) >= 11 is 5.77. The molecule has 0 amide bonds. The SMILES string of the molecule is CC(=O)C(CC(=O)O)(OC[C@H]1O[C@@H](n2cnc3c(N)nc(Cl)nc32)[C@@H](F)[C@@H]1O)C(=O)O. The summed E-state index contributed by atoms with van der Waals surface area (Å²) < 4.78 is 26.5. The van der Waals surface area contributed by atoms with Gasteiger partial charge in [0.2, 0.25) is 10.9 Å². The molecule has 1 fully saturated rings. The number of imidazole rings is 1. The number of carbonyl (C=O) groups is 3. The van der Waals surface area contributed by atoms with Gasteiger partial charge in [0.25, 0.3) is 0 Å². The molecule has 0 aliphatic carbocycles. The highest BCUT2D eigenvalue weighted by Gasteiger charge is 2.51. The maximum absolute atomic E-state index is 14.8. The van der Waals surface area contributed by atoms with Crippen LogP contribution in [0.5, 0.6) is 0 Å². The molecule has 168 valence electrons. The van der Waals surface area contributed by atoms with Gasteiger partial charge in [-0.25, -0.2) is 14.2 Å². The van der Waals surface area contributed by atoms with E-state index in [2.05, 4.69) is 15.0 Å². The number of hydrogen-bond donors (Lipinski definition) is 4. The molecule has 1 aliphatic rings. The van der Waals surface area contributed by atoms with Crippen molar-refractivity contribution in [3.8, 4) is 0 Å². The topological polar surface area (TPSA) is 200 Å². The van der Waals surface area contributed by atoms with Gasteiger partial charge in [-0.1, -0.05) is 0 Å². The number of fused-ring (bicyclic) bond motifs is 1. The molecule has 0 aromatic carbocycles. The molecule has 31 heavy (non-hydrogen) atoms. The van der Waals surface area contributed by atoms with Gasteiger partial charge >= 0.3 is 11.9 Å². The van der Waals surface area contributed by atoms with E-state index in [0.717, 1.165) is 17.8 Å². The van der Waals surface area contributed by atoms with E-state index in [0.29, 0.717) is 0 Å². The highest BCUT2D eigenvalue weighted by atomic mass is 35.5. The molecule has 3 heterocycles. The molecule has 5 atom stereocenters. The van der Waals surface area contributed by atoms with Gasteiger partial charge in [0, 0.05) is 0 Å². The molecule has 1 aliphatic heterocycles. The Labute approximate surface area is 177 Å². The zero-order valence-electron chi connectivity index (χ0n) is 15.8. The number of aliphatic hydroxyl groups is 1. The molecule has 0 bridgehead atoms. The third-order valence-corrected chi connectivity index (χ3v) is 4.97. The van der Waals surface area contributed by atoms with Gasteiger partial charge in [0.1, 0.15) is 17.7 Å². The monoisotopic (exact) mass is 461 g/mol. The standard InChI is InChI=1S/C16H17ClFN5O8/c1-5(24)16(14(28)29,2-7(25)26)30-3-6-10(27)8(18)13(31-6)23-4-20-9-11(19)21-15(17)22-12(9)23/h4,6,8,10,13,27H,2-3H2,1H3,(H,25,26)(H,28,29)(H2,19,21,22)/t6-,8+,10-,13-,16?/m1/s1. The fourth-order valence-electron chi connectivity index (χ4n) is 3.16. The molecular weight excluding hydrogens is 445 g/mol. The Bertz CT molecular complexity index is 1030. The van der Waals surface area contributed by atoms with Crippen LogP contribution in [0.1, 0.15) is 19.6 Å². The number of aromatic nitrogens is 4. The van der Waals surface area contributed by atoms with Crippen molar-refractivity contribution < 1.29 is 43.6 Å². The molecule has 2 aromatic heterocycles. The number of ketones is 1. The van der Waals surface area contributed by atoms with Crippen molar-refractivity contribution in [1.82, 2.24) is 19.5 Å². The predicted octanol–water partition coefficient (Wildman–Crippen LogP) is -0.438. The summed E-state index contributed by atoms with van der Waals surface area (Å²) in [7, 11) is 0. The van der Waals surface area contributed by atoms with E-state index < -0.39 is 61.0 Å². The molecule has 0 radical (unpaired) electrons. The maximum atomic E-state index is 14.8. The fraction of sp³-hybridized carbons (Fsp3) is 0.500. The lowest BCUT2D eigenvalue weighted by atomic mass is 9.95. The molecule has 3 rings (SSSR count). The van der Waals surface area contributed by atoms with Gasteiger partial charge in [-0.05, 0) is 18.5 Å².